The van der Waals surface area contributed by atoms with Crippen LogP contribution in [0.25, 0.3) is 0 Å². The summed E-state index contributed by atoms with van der Waals surface area (Å²) < 4.78 is 0. The third kappa shape index (κ3) is 4.82. The summed E-state index contributed by atoms with van der Waals surface area (Å²) in [6.45, 7) is 0.955. The van der Waals surface area contributed by atoms with Crippen molar-refractivity contribution in [3.63, 3.8) is 0 Å². The third-order valence-electron chi connectivity index (χ3n) is 2.41. The van der Waals surface area contributed by atoms with E-state index in [2.05, 4.69) is 10.3 Å². The summed E-state index contributed by atoms with van der Waals surface area (Å²) in [6.07, 6.45) is 5.27. The van der Waals surface area contributed by atoms with Crippen LogP contribution in [0.1, 0.15) is 36.2 Å². The molecule has 0 radical (unpaired) electrons. The first-order chi connectivity index (χ1) is 8.25. The monoisotopic (exact) mass is 238 g/mol. The quantitative estimate of drug-likeness (QED) is 0.601. The molecular formula is C12H18N2O3. The van der Waals surface area contributed by atoms with Crippen molar-refractivity contribution >= 4 is 11.7 Å². The SMILES string of the molecule is O=C(O)c1ncccc1NCCCCCCO. The van der Waals surface area contributed by atoms with Crippen molar-refractivity contribution in [3.8, 4) is 0 Å². The number of carboxylic acids is 1. The summed E-state index contributed by atoms with van der Waals surface area (Å²) in [6, 6.07) is 3.42. The molecule has 0 aliphatic rings. The molecule has 0 bridgehead atoms. The van der Waals surface area contributed by atoms with E-state index in [9.17, 15) is 4.79 Å². The second kappa shape index (κ2) is 7.62. The molecule has 94 valence electrons. The lowest BCUT2D eigenvalue weighted by atomic mass is 10.2. The second-order valence-corrected chi connectivity index (χ2v) is 3.77. The van der Waals surface area contributed by atoms with Gasteiger partial charge in [-0.3, -0.25) is 0 Å². The Balaban J connectivity index is 2.34. The summed E-state index contributed by atoms with van der Waals surface area (Å²) >= 11 is 0. The standard InChI is InChI=1S/C12H18N2O3/c15-9-4-2-1-3-7-13-10-6-5-8-14-11(10)12(16)17/h5-6,8,13,15H,1-4,7,9H2,(H,16,17). The van der Waals surface area contributed by atoms with Crippen molar-refractivity contribution in [2.45, 2.75) is 25.7 Å². The molecule has 1 rings (SSSR count). The molecule has 0 saturated carbocycles. The van der Waals surface area contributed by atoms with Crippen LogP contribution in [0.3, 0.4) is 0 Å². The van der Waals surface area contributed by atoms with Crippen LogP contribution in [-0.2, 0) is 0 Å². The first-order valence-corrected chi connectivity index (χ1v) is 5.78. The Hall–Kier alpha value is -1.62. The van der Waals surface area contributed by atoms with Gasteiger partial charge in [0, 0.05) is 19.3 Å². The Labute approximate surface area is 101 Å². The van der Waals surface area contributed by atoms with Crippen molar-refractivity contribution in [1.29, 1.82) is 0 Å². The molecule has 0 aliphatic carbocycles. The van der Waals surface area contributed by atoms with Gasteiger partial charge in [0.2, 0.25) is 0 Å². The van der Waals surface area contributed by atoms with Gasteiger partial charge in [-0.2, -0.15) is 0 Å². The summed E-state index contributed by atoms with van der Waals surface area (Å²) in [4.78, 5) is 14.7. The molecule has 1 aromatic heterocycles. The highest BCUT2D eigenvalue weighted by atomic mass is 16.4. The number of pyridine rings is 1. The number of hydrogen-bond donors (Lipinski definition) is 3. The average molecular weight is 238 g/mol. The number of aliphatic hydroxyl groups excluding tert-OH is 1. The maximum Gasteiger partial charge on any atom is 0.356 e. The lowest BCUT2D eigenvalue weighted by molar-refractivity contribution is 0.0691. The normalized spacial score (nSPS) is 10.2. The minimum atomic E-state index is -1.02. The summed E-state index contributed by atoms with van der Waals surface area (Å²) in [5, 5.41) is 20.6. The Morgan fingerprint density at radius 2 is 2.06 bits per heavy atom. The Bertz CT molecular complexity index is 355. The fourth-order valence-electron chi connectivity index (χ4n) is 1.53. The van der Waals surface area contributed by atoms with E-state index < -0.39 is 5.97 Å². The fourth-order valence-corrected chi connectivity index (χ4v) is 1.53. The number of aromatic carboxylic acids is 1. The lowest BCUT2D eigenvalue weighted by Gasteiger charge is -2.08. The highest BCUT2D eigenvalue weighted by molar-refractivity contribution is 5.91. The van der Waals surface area contributed by atoms with Gasteiger partial charge in [0.25, 0.3) is 0 Å². The molecule has 1 heterocycles. The van der Waals surface area contributed by atoms with E-state index >= 15 is 0 Å². The van der Waals surface area contributed by atoms with E-state index in [0.717, 1.165) is 32.2 Å². The topological polar surface area (TPSA) is 82.5 Å². The van der Waals surface area contributed by atoms with Gasteiger partial charge in [-0.05, 0) is 25.0 Å². The zero-order chi connectivity index (χ0) is 12.5. The number of aliphatic hydroxyl groups is 1. The van der Waals surface area contributed by atoms with Gasteiger partial charge in [0.15, 0.2) is 5.69 Å². The summed E-state index contributed by atoms with van der Waals surface area (Å²) in [5.41, 5.74) is 0.616. The molecule has 5 heteroatoms. The molecule has 1 aromatic rings. The van der Waals surface area contributed by atoms with Crippen molar-refractivity contribution < 1.29 is 15.0 Å². The predicted octanol–water partition coefficient (Wildman–Crippen LogP) is 1.74. The highest BCUT2D eigenvalue weighted by Crippen LogP contribution is 2.12. The van der Waals surface area contributed by atoms with Gasteiger partial charge >= 0.3 is 5.97 Å². The molecular weight excluding hydrogens is 220 g/mol. The number of aromatic nitrogens is 1. The summed E-state index contributed by atoms with van der Waals surface area (Å²) in [7, 11) is 0. The zero-order valence-corrected chi connectivity index (χ0v) is 9.72. The largest absolute Gasteiger partial charge is 0.476 e. The van der Waals surface area contributed by atoms with Gasteiger partial charge in [0.1, 0.15) is 0 Å². The van der Waals surface area contributed by atoms with Crippen LogP contribution in [0.15, 0.2) is 18.3 Å². The third-order valence-corrected chi connectivity index (χ3v) is 2.41. The Morgan fingerprint density at radius 1 is 1.29 bits per heavy atom. The van der Waals surface area contributed by atoms with Gasteiger partial charge < -0.3 is 15.5 Å². The van der Waals surface area contributed by atoms with Crippen molar-refractivity contribution in [1.82, 2.24) is 4.98 Å². The molecule has 0 spiro atoms. The lowest BCUT2D eigenvalue weighted by Crippen LogP contribution is -2.09. The van der Waals surface area contributed by atoms with Crippen molar-refractivity contribution in [2.75, 3.05) is 18.5 Å². The van der Waals surface area contributed by atoms with Crippen LogP contribution in [0.5, 0.6) is 0 Å². The molecule has 0 unspecified atom stereocenters. The minimum Gasteiger partial charge on any atom is -0.476 e. The number of unbranched alkanes of at least 4 members (excludes halogenated alkanes) is 3. The smallest absolute Gasteiger partial charge is 0.356 e. The maximum atomic E-state index is 10.9. The van der Waals surface area contributed by atoms with Crippen molar-refractivity contribution in [3.05, 3.63) is 24.0 Å². The highest BCUT2D eigenvalue weighted by Gasteiger charge is 2.09. The first-order valence-electron chi connectivity index (χ1n) is 5.78. The Morgan fingerprint density at radius 3 is 2.76 bits per heavy atom. The van der Waals surface area contributed by atoms with E-state index in [-0.39, 0.29) is 12.3 Å². The van der Waals surface area contributed by atoms with Crippen LogP contribution in [0.4, 0.5) is 5.69 Å². The second-order valence-electron chi connectivity index (χ2n) is 3.77. The van der Waals surface area contributed by atoms with Crippen LogP contribution < -0.4 is 5.32 Å². The molecule has 0 amide bonds. The number of nitrogens with one attached hydrogen (secondary N) is 1. The number of nitrogens with zero attached hydrogens (tertiary/aromatic N) is 1. The molecule has 17 heavy (non-hydrogen) atoms. The average Bonchev–Trinajstić information content (AvgIpc) is 2.34. The van der Waals surface area contributed by atoms with E-state index in [1.807, 2.05) is 0 Å². The van der Waals surface area contributed by atoms with Crippen LogP contribution >= 0.6 is 0 Å². The van der Waals surface area contributed by atoms with Gasteiger partial charge in [-0.15, -0.1) is 0 Å². The van der Waals surface area contributed by atoms with Crippen molar-refractivity contribution in [2.24, 2.45) is 0 Å². The molecule has 0 aliphatic heterocycles. The molecule has 0 atom stereocenters. The van der Waals surface area contributed by atoms with Crippen LogP contribution in [-0.4, -0.2) is 34.3 Å². The van der Waals surface area contributed by atoms with E-state index in [1.54, 1.807) is 12.1 Å². The molecule has 0 saturated heterocycles. The molecule has 0 aromatic carbocycles. The number of rotatable bonds is 8. The van der Waals surface area contributed by atoms with Crippen LogP contribution in [0, 0.1) is 0 Å². The van der Waals surface area contributed by atoms with E-state index in [4.69, 9.17) is 10.2 Å². The Kier molecular flexibility index (Phi) is 6.03. The molecule has 0 fully saturated rings. The number of hydrogen-bond acceptors (Lipinski definition) is 4. The van der Waals surface area contributed by atoms with E-state index in [0.29, 0.717) is 5.69 Å². The predicted molar refractivity (Wildman–Crippen MR) is 65.2 cm³/mol. The van der Waals surface area contributed by atoms with Gasteiger partial charge in [-0.1, -0.05) is 12.8 Å². The zero-order valence-electron chi connectivity index (χ0n) is 9.72. The van der Waals surface area contributed by atoms with Gasteiger partial charge in [0.05, 0.1) is 5.69 Å². The molecule has 5 nitrogen and oxygen atoms in total. The minimum absolute atomic E-state index is 0.0582. The number of carboxylic acid groups (broad SMARTS) is 1. The number of carbonyl (C=O) groups is 1. The van der Waals surface area contributed by atoms with Crippen LogP contribution in [0.2, 0.25) is 0 Å². The maximum absolute atomic E-state index is 10.9. The van der Waals surface area contributed by atoms with E-state index in [1.165, 1.54) is 6.20 Å². The molecule has 3 N–H and O–H groups in total. The number of anilines is 1. The first kappa shape index (κ1) is 13.4. The summed E-state index contributed by atoms with van der Waals surface area (Å²) in [5.74, 6) is -1.02. The van der Waals surface area contributed by atoms with Gasteiger partial charge in [-0.25, -0.2) is 9.78 Å². The fraction of sp³-hybridized carbons (Fsp3) is 0.500.